The molecule has 240 valence electrons. The van der Waals surface area contributed by atoms with Crippen LogP contribution in [0.25, 0.3) is 0 Å². The van der Waals surface area contributed by atoms with Gasteiger partial charge in [0.25, 0.3) is 0 Å². The third-order valence-corrected chi connectivity index (χ3v) is 8.92. The highest BCUT2D eigenvalue weighted by Crippen LogP contribution is 2.28. The van der Waals surface area contributed by atoms with E-state index in [9.17, 15) is 0 Å². The summed E-state index contributed by atoms with van der Waals surface area (Å²) in [7, 11) is 0. The fourth-order valence-electron chi connectivity index (χ4n) is 6.25. The van der Waals surface area contributed by atoms with Gasteiger partial charge in [-0.15, -0.1) is 0 Å². The molecule has 0 unspecified atom stereocenters. The normalized spacial score (nSPS) is 12.3. The number of hydrogen-bond donors (Lipinski definition) is 0. The number of rotatable bonds is 24. The van der Waals surface area contributed by atoms with Gasteiger partial charge in [0.05, 0.1) is 22.8 Å². The molecule has 2 rings (SSSR count). The SMILES string of the molecule is CCCCCCCCc1cc(N=C(CC)C(C)=Nc2cccc(CCCCCC)c2)cc(CC)c1CCCCCCCC. The van der Waals surface area contributed by atoms with Gasteiger partial charge < -0.3 is 0 Å². The largest absolute Gasteiger partial charge is 0.252 e. The van der Waals surface area contributed by atoms with Crippen LogP contribution in [0.1, 0.15) is 173 Å². The maximum Gasteiger partial charge on any atom is 0.0639 e. The summed E-state index contributed by atoms with van der Waals surface area (Å²) in [6, 6.07) is 13.6. The Hall–Kier alpha value is -2.22. The van der Waals surface area contributed by atoms with Crippen molar-refractivity contribution in [2.75, 3.05) is 0 Å². The van der Waals surface area contributed by atoms with Crippen LogP contribution in [0.15, 0.2) is 46.4 Å². The van der Waals surface area contributed by atoms with E-state index in [-0.39, 0.29) is 0 Å². The summed E-state index contributed by atoms with van der Waals surface area (Å²) in [6.45, 7) is 13.6. The van der Waals surface area contributed by atoms with E-state index < -0.39 is 0 Å². The Bertz CT molecular complexity index is 1080. The Morgan fingerprint density at radius 1 is 0.535 bits per heavy atom. The molecule has 0 spiro atoms. The molecular formula is C41H66N2. The van der Waals surface area contributed by atoms with E-state index in [0.717, 1.165) is 42.1 Å². The molecule has 0 fully saturated rings. The lowest BCUT2D eigenvalue weighted by Crippen LogP contribution is -2.09. The molecule has 2 heteroatoms. The number of unbranched alkanes of at least 4 members (excludes halogenated alkanes) is 13. The summed E-state index contributed by atoms with van der Waals surface area (Å²) in [5.74, 6) is 0. The third-order valence-electron chi connectivity index (χ3n) is 8.92. The highest BCUT2D eigenvalue weighted by atomic mass is 14.8. The minimum Gasteiger partial charge on any atom is -0.252 e. The minimum absolute atomic E-state index is 0.889. The van der Waals surface area contributed by atoms with Crippen molar-refractivity contribution in [3.63, 3.8) is 0 Å². The van der Waals surface area contributed by atoms with Crippen molar-refractivity contribution < 1.29 is 0 Å². The number of aryl methyl sites for hydroxylation is 3. The van der Waals surface area contributed by atoms with Crippen molar-refractivity contribution in [3.8, 4) is 0 Å². The van der Waals surface area contributed by atoms with Crippen LogP contribution in [0.2, 0.25) is 0 Å². The van der Waals surface area contributed by atoms with Crippen LogP contribution >= 0.6 is 0 Å². The van der Waals surface area contributed by atoms with Gasteiger partial charge in [-0.2, -0.15) is 0 Å². The van der Waals surface area contributed by atoms with Gasteiger partial charge in [-0.1, -0.05) is 130 Å². The average molecular weight is 587 g/mol. The molecule has 0 aliphatic heterocycles. The molecule has 0 aliphatic rings. The first kappa shape index (κ1) is 37.0. The van der Waals surface area contributed by atoms with Crippen LogP contribution in [-0.2, 0) is 25.7 Å². The number of aliphatic imine (C=N–C) groups is 2. The highest BCUT2D eigenvalue weighted by molar-refractivity contribution is 6.42. The third kappa shape index (κ3) is 14.9. The lowest BCUT2D eigenvalue weighted by Gasteiger charge is -2.17. The smallest absolute Gasteiger partial charge is 0.0639 e. The molecule has 2 aromatic rings. The standard InChI is InChI=1S/C41H66N2/c1-7-12-15-18-20-23-28-37-33-39(32-36(10-4)40(37)30-24-21-19-16-13-8-2)43-41(11-5)34(6)42-38-29-25-27-35(31-38)26-22-17-14-9-3/h25,27,29,31-33H,7-24,26,28,30H2,1-6H3. The van der Waals surface area contributed by atoms with Gasteiger partial charge in [-0.05, 0) is 105 Å². The van der Waals surface area contributed by atoms with Crippen molar-refractivity contribution in [1.29, 1.82) is 0 Å². The Kier molecular flexibility index (Phi) is 19.9. The molecule has 0 atom stereocenters. The zero-order valence-corrected chi connectivity index (χ0v) is 29.2. The van der Waals surface area contributed by atoms with E-state index in [4.69, 9.17) is 9.98 Å². The predicted octanol–water partition coefficient (Wildman–Crippen LogP) is 13.5. The van der Waals surface area contributed by atoms with Crippen LogP contribution in [0.4, 0.5) is 11.4 Å². The van der Waals surface area contributed by atoms with Gasteiger partial charge in [0.2, 0.25) is 0 Å². The first-order chi connectivity index (χ1) is 21.1. The van der Waals surface area contributed by atoms with Gasteiger partial charge in [0, 0.05) is 0 Å². The van der Waals surface area contributed by atoms with E-state index in [1.807, 2.05) is 0 Å². The van der Waals surface area contributed by atoms with E-state index >= 15 is 0 Å². The monoisotopic (exact) mass is 587 g/mol. The quantitative estimate of drug-likeness (QED) is 0.0863. The maximum atomic E-state index is 5.26. The van der Waals surface area contributed by atoms with Crippen LogP contribution in [0.5, 0.6) is 0 Å². The summed E-state index contributed by atoms with van der Waals surface area (Å²) >= 11 is 0. The predicted molar refractivity (Wildman–Crippen MR) is 194 cm³/mol. The molecule has 0 saturated carbocycles. The summed E-state index contributed by atoms with van der Waals surface area (Å²) in [4.78, 5) is 10.3. The van der Waals surface area contributed by atoms with Crippen molar-refractivity contribution in [2.24, 2.45) is 9.98 Å². The molecule has 0 aromatic heterocycles. The molecule has 43 heavy (non-hydrogen) atoms. The zero-order valence-electron chi connectivity index (χ0n) is 29.2. The van der Waals surface area contributed by atoms with Crippen LogP contribution < -0.4 is 0 Å². The maximum absolute atomic E-state index is 5.26. The summed E-state index contributed by atoms with van der Waals surface area (Å²) < 4.78 is 0. The van der Waals surface area contributed by atoms with Crippen LogP contribution in [0, 0.1) is 0 Å². The molecular weight excluding hydrogens is 520 g/mol. The highest BCUT2D eigenvalue weighted by Gasteiger charge is 2.12. The van der Waals surface area contributed by atoms with Crippen molar-refractivity contribution in [3.05, 3.63) is 58.7 Å². The summed E-state index contributed by atoms with van der Waals surface area (Å²) in [5.41, 5.74) is 10.4. The second-order valence-corrected chi connectivity index (χ2v) is 12.7. The number of hydrogen-bond acceptors (Lipinski definition) is 2. The zero-order chi connectivity index (χ0) is 31.1. The molecule has 0 saturated heterocycles. The fourth-order valence-corrected chi connectivity index (χ4v) is 6.25. The summed E-state index contributed by atoms with van der Waals surface area (Å²) in [6.07, 6.45) is 26.9. The molecule has 0 bridgehead atoms. The topological polar surface area (TPSA) is 24.7 Å². The summed E-state index contributed by atoms with van der Waals surface area (Å²) in [5, 5.41) is 0. The lowest BCUT2D eigenvalue weighted by molar-refractivity contribution is 0.598. The van der Waals surface area contributed by atoms with Crippen molar-refractivity contribution in [1.82, 2.24) is 0 Å². The van der Waals surface area contributed by atoms with Gasteiger partial charge in [0.15, 0.2) is 0 Å². The Balaban J connectivity index is 2.26. The Morgan fingerprint density at radius 2 is 1.09 bits per heavy atom. The second-order valence-electron chi connectivity index (χ2n) is 12.7. The average Bonchev–Trinajstić information content (AvgIpc) is 3.02. The Labute approximate surface area is 267 Å². The Morgan fingerprint density at radius 3 is 1.72 bits per heavy atom. The van der Waals surface area contributed by atoms with Gasteiger partial charge >= 0.3 is 0 Å². The molecule has 0 aliphatic carbocycles. The molecule has 2 aromatic carbocycles. The van der Waals surface area contributed by atoms with Crippen molar-refractivity contribution in [2.45, 2.75) is 176 Å². The molecule has 0 N–H and O–H groups in total. The minimum atomic E-state index is 0.889. The van der Waals surface area contributed by atoms with Crippen molar-refractivity contribution >= 4 is 22.8 Å². The van der Waals surface area contributed by atoms with E-state index in [2.05, 4.69) is 77.9 Å². The number of benzene rings is 2. The van der Waals surface area contributed by atoms with E-state index in [0.29, 0.717) is 0 Å². The van der Waals surface area contributed by atoms with E-state index in [1.165, 1.54) is 127 Å². The lowest BCUT2D eigenvalue weighted by atomic mass is 9.90. The van der Waals surface area contributed by atoms with Crippen LogP contribution in [0.3, 0.4) is 0 Å². The second kappa shape index (κ2) is 23.2. The molecule has 0 amide bonds. The first-order valence-corrected chi connectivity index (χ1v) is 18.4. The van der Waals surface area contributed by atoms with E-state index in [1.54, 1.807) is 11.1 Å². The van der Waals surface area contributed by atoms with Gasteiger partial charge in [-0.25, -0.2) is 0 Å². The fraction of sp³-hybridized carbons (Fsp3) is 0.659. The van der Waals surface area contributed by atoms with Gasteiger partial charge in [-0.3, -0.25) is 9.98 Å². The molecule has 0 radical (unpaired) electrons. The molecule has 2 nitrogen and oxygen atoms in total. The number of nitrogens with zero attached hydrogens (tertiary/aromatic N) is 2. The van der Waals surface area contributed by atoms with Crippen LogP contribution in [-0.4, -0.2) is 11.4 Å². The first-order valence-electron chi connectivity index (χ1n) is 18.4. The van der Waals surface area contributed by atoms with Gasteiger partial charge in [0.1, 0.15) is 0 Å². The molecule has 0 heterocycles.